The second-order valence-electron chi connectivity index (χ2n) is 12.2. The lowest BCUT2D eigenvalue weighted by molar-refractivity contribution is -0.114. The maximum absolute atomic E-state index is 13.5. The quantitative estimate of drug-likeness (QED) is 0.119. The number of hydrogen-bond donors (Lipinski definition) is 3. The first-order valence-electron chi connectivity index (χ1n) is 15.6. The van der Waals surface area contributed by atoms with E-state index in [0.717, 1.165) is 10.4 Å². The van der Waals surface area contributed by atoms with E-state index in [1.807, 2.05) is 20.8 Å². The van der Waals surface area contributed by atoms with Gasteiger partial charge in [-0.3, -0.25) is 14.4 Å². The van der Waals surface area contributed by atoms with Crippen LogP contribution < -0.4 is 16.0 Å². The number of carbonyl (C=O) groups excluding carboxylic acids is 4. The first-order chi connectivity index (χ1) is 23.9. The minimum absolute atomic E-state index is 0.00876. The van der Waals surface area contributed by atoms with Crippen LogP contribution in [0.2, 0.25) is 5.02 Å². The first kappa shape index (κ1) is 36.2. The van der Waals surface area contributed by atoms with Crippen LogP contribution in [0, 0.1) is 11.3 Å². The Kier molecular flexibility index (Phi) is 11.6. The highest BCUT2D eigenvalue weighted by Crippen LogP contribution is 2.37. The van der Waals surface area contributed by atoms with Crippen molar-refractivity contribution in [2.45, 2.75) is 44.2 Å². The van der Waals surface area contributed by atoms with Gasteiger partial charge in [-0.1, -0.05) is 54.1 Å². The smallest absolute Gasteiger partial charge is 0.410 e. The third-order valence-corrected chi connectivity index (χ3v) is 9.74. The third kappa shape index (κ3) is 9.53. The normalized spacial score (nSPS) is 12.7. The lowest BCUT2D eigenvalue weighted by atomic mass is 10.0. The monoisotopic (exact) mass is 727 g/mol. The molecule has 10 nitrogen and oxygen atoms in total. The Morgan fingerprint density at radius 3 is 2.48 bits per heavy atom. The predicted octanol–water partition coefficient (Wildman–Crippen LogP) is 7.71. The van der Waals surface area contributed by atoms with Crippen molar-refractivity contribution < 1.29 is 23.9 Å². The zero-order chi connectivity index (χ0) is 35.8. The zero-order valence-corrected chi connectivity index (χ0v) is 29.9. The van der Waals surface area contributed by atoms with Gasteiger partial charge in [0.25, 0.3) is 11.8 Å². The molecule has 2 heterocycles. The highest BCUT2D eigenvalue weighted by molar-refractivity contribution is 8.00. The van der Waals surface area contributed by atoms with Gasteiger partial charge in [0.05, 0.1) is 17.9 Å². The van der Waals surface area contributed by atoms with Gasteiger partial charge in [0, 0.05) is 32.6 Å². The largest absolute Gasteiger partial charge is 0.444 e. The lowest BCUT2D eigenvalue weighted by Gasteiger charge is -2.29. The molecule has 1 aliphatic heterocycles. The van der Waals surface area contributed by atoms with Crippen LogP contribution in [0.1, 0.15) is 52.7 Å². The van der Waals surface area contributed by atoms with E-state index in [1.165, 1.54) is 29.2 Å². The number of nitriles is 1. The second kappa shape index (κ2) is 16.1. The van der Waals surface area contributed by atoms with Crippen LogP contribution in [0.15, 0.2) is 89.5 Å². The number of halogens is 1. The molecular weight excluding hydrogens is 694 g/mol. The Morgan fingerprint density at radius 2 is 1.76 bits per heavy atom. The van der Waals surface area contributed by atoms with Gasteiger partial charge in [-0.2, -0.15) is 5.26 Å². The van der Waals surface area contributed by atoms with Crippen molar-refractivity contribution in [2.24, 2.45) is 0 Å². The highest BCUT2D eigenvalue weighted by Gasteiger charge is 2.30. The molecule has 0 unspecified atom stereocenters. The minimum atomic E-state index is -0.621. The molecule has 50 heavy (non-hydrogen) atoms. The Hall–Kier alpha value is -5.09. The number of amides is 4. The number of thiophene rings is 1. The number of hydrogen-bond acceptors (Lipinski definition) is 8. The molecule has 13 heteroatoms. The van der Waals surface area contributed by atoms with Crippen molar-refractivity contribution in [3.05, 3.63) is 117 Å². The van der Waals surface area contributed by atoms with Crippen LogP contribution in [0.4, 0.5) is 15.5 Å². The van der Waals surface area contributed by atoms with Crippen LogP contribution in [0.3, 0.4) is 0 Å². The molecule has 3 N–H and O–H groups in total. The molecular formula is C37H34ClN5O5S2. The van der Waals surface area contributed by atoms with Crippen molar-refractivity contribution in [3.63, 3.8) is 0 Å². The van der Waals surface area contributed by atoms with Gasteiger partial charge >= 0.3 is 6.09 Å². The van der Waals surface area contributed by atoms with Crippen LogP contribution in [0.25, 0.3) is 6.08 Å². The number of benzene rings is 3. The van der Waals surface area contributed by atoms with Crippen molar-refractivity contribution in [1.82, 2.24) is 10.2 Å². The maximum Gasteiger partial charge on any atom is 0.410 e. The summed E-state index contributed by atoms with van der Waals surface area (Å²) in [6, 6.07) is 24.7. The van der Waals surface area contributed by atoms with Gasteiger partial charge < -0.3 is 25.6 Å². The van der Waals surface area contributed by atoms with Gasteiger partial charge in [-0.15, -0.1) is 23.1 Å². The van der Waals surface area contributed by atoms with Crippen LogP contribution in [-0.2, 0) is 27.3 Å². The molecule has 256 valence electrons. The van der Waals surface area contributed by atoms with Crippen molar-refractivity contribution >= 4 is 75.3 Å². The minimum Gasteiger partial charge on any atom is -0.444 e. The summed E-state index contributed by atoms with van der Waals surface area (Å²) in [5.74, 6) is -1.29. The fourth-order valence-electron chi connectivity index (χ4n) is 4.96. The SMILES string of the molecule is CC(C)(C)OC(=O)N1CCc2c(sc(NC(=O)CSc3cccc(NC(=O)/C(=C\c4ccccc4Cl)NC(=O)c4ccccc4)c3)c2C#N)C1. The van der Waals surface area contributed by atoms with Gasteiger partial charge in [0.15, 0.2) is 0 Å². The standard InChI is InChI=1S/C37H34ClN5O5S2/c1-37(2,3)48-36(47)43-17-16-27-28(20-39)35(50-31(27)21-43)42-32(44)22-49-26-14-9-13-25(19-26)40-34(46)30(18-24-12-7-8-15-29(24)38)41-33(45)23-10-5-4-6-11-23/h4-15,18-19H,16-17,21-22H2,1-3H3,(H,40,46)(H,41,45)(H,42,44)/b30-18+. The average molecular weight is 728 g/mol. The van der Waals surface area contributed by atoms with E-state index < -0.39 is 23.5 Å². The average Bonchev–Trinajstić information content (AvgIpc) is 3.43. The summed E-state index contributed by atoms with van der Waals surface area (Å²) in [7, 11) is 0. The number of carbonyl (C=O) groups is 4. The van der Waals surface area contributed by atoms with Crippen molar-refractivity contribution in [2.75, 3.05) is 22.9 Å². The molecule has 0 saturated carbocycles. The Balaban J connectivity index is 1.23. The van der Waals surface area contributed by atoms with Crippen LogP contribution >= 0.6 is 34.7 Å². The molecule has 5 rings (SSSR count). The van der Waals surface area contributed by atoms with Gasteiger partial charge in [-0.05, 0) is 80.8 Å². The molecule has 1 aliphatic rings. The van der Waals surface area contributed by atoms with E-state index in [-0.39, 0.29) is 17.4 Å². The van der Waals surface area contributed by atoms with E-state index >= 15 is 0 Å². The number of fused-ring (bicyclic) bond motifs is 1. The summed E-state index contributed by atoms with van der Waals surface area (Å²) in [5, 5.41) is 19.1. The highest BCUT2D eigenvalue weighted by atomic mass is 35.5. The van der Waals surface area contributed by atoms with E-state index in [4.69, 9.17) is 16.3 Å². The summed E-state index contributed by atoms with van der Waals surface area (Å²) in [5.41, 5.74) is 2.01. The second-order valence-corrected chi connectivity index (χ2v) is 14.8. The van der Waals surface area contributed by atoms with E-state index in [0.29, 0.717) is 56.8 Å². The lowest BCUT2D eigenvalue weighted by Crippen LogP contribution is -2.39. The van der Waals surface area contributed by atoms with Crippen LogP contribution in [0.5, 0.6) is 0 Å². The van der Waals surface area contributed by atoms with E-state index in [2.05, 4.69) is 22.0 Å². The van der Waals surface area contributed by atoms with Gasteiger partial charge in [-0.25, -0.2) is 4.79 Å². The summed E-state index contributed by atoms with van der Waals surface area (Å²) in [4.78, 5) is 55.2. The topological polar surface area (TPSA) is 141 Å². The number of nitrogens with one attached hydrogen (secondary N) is 3. The molecule has 0 bridgehead atoms. The van der Waals surface area contributed by atoms with E-state index in [9.17, 15) is 24.4 Å². The molecule has 4 amide bonds. The fourth-order valence-corrected chi connectivity index (χ4v) is 7.13. The van der Waals surface area contributed by atoms with Crippen molar-refractivity contribution in [1.29, 1.82) is 5.26 Å². The number of thioether (sulfide) groups is 1. The number of anilines is 2. The first-order valence-corrected chi connectivity index (χ1v) is 17.8. The summed E-state index contributed by atoms with van der Waals surface area (Å²) in [6.07, 6.45) is 1.58. The van der Waals surface area contributed by atoms with E-state index in [1.54, 1.807) is 83.8 Å². The number of ether oxygens (including phenoxy) is 1. The van der Waals surface area contributed by atoms with Crippen LogP contribution in [-0.4, -0.2) is 46.6 Å². The molecule has 4 aromatic rings. The molecule has 0 aliphatic carbocycles. The third-order valence-electron chi connectivity index (χ3n) is 7.27. The fraction of sp³-hybridized carbons (Fsp3) is 0.216. The summed E-state index contributed by atoms with van der Waals surface area (Å²) < 4.78 is 5.50. The Bertz CT molecular complexity index is 2000. The Morgan fingerprint density at radius 1 is 1.02 bits per heavy atom. The molecule has 0 spiro atoms. The Labute approximate surface area is 303 Å². The van der Waals surface area contributed by atoms with Crippen molar-refractivity contribution in [3.8, 4) is 6.07 Å². The molecule has 0 atom stereocenters. The number of rotatable bonds is 9. The summed E-state index contributed by atoms with van der Waals surface area (Å²) >= 11 is 8.88. The van der Waals surface area contributed by atoms with Gasteiger partial charge in [0.1, 0.15) is 22.4 Å². The van der Waals surface area contributed by atoms with Gasteiger partial charge in [0.2, 0.25) is 5.91 Å². The number of nitrogens with zero attached hydrogens (tertiary/aromatic N) is 2. The summed E-state index contributed by atoms with van der Waals surface area (Å²) in [6.45, 7) is 6.15. The molecule has 0 fully saturated rings. The predicted molar refractivity (Wildman–Crippen MR) is 197 cm³/mol. The molecule has 0 saturated heterocycles. The molecule has 1 aromatic heterocycles. The maximum atomic E-state index is 13.5. The molecule has 0 radical (unpaired) electrons. The zero-order valence-electron chi connectivity index (χ0n) is 27.5. The molecule has 3 aromatic carbocycles.